The summed E-state index contributed by atoms with van der Waals surface area (Å²) in [6.07, 6.45) is 7.91. The third-order valence-electron chi connectivity index (χ3n) is 7.60. The lowest BCUT2D eigenvalue weighted by Crippen LogP contribution is -2.27. The number of nitrogens with zero attached hydrogens (tertiary/aromatic N) is 4. The summed E-state index contributed by atoms with van der Waals surface area (Å²) < 4.78 is 90.9. The van der Waals surface area contributed by atoms with Gasteiger partial charge in [-0.3, -0.25) is 9.59 Å². The number of carbonyl (C=O) groups excluding carboxylic acids is 1. The highest BCUT2D eigenvalue weighted by Crippen LogP contribution is 2.28. The van der Waals surface area contributed by atoms with Crippen molar-refractivity contribution in [3.05, 3.63) is 48.5 Å². The van der Waals surface area contributed by atoms with E-state index in [4.69, 9.17) is 43.0 Å². The highest BCUT2D eigenvalue weighted by Gasteiger charge is 2.16. The molecule has 0 saturated heterocycles. The molecule has 0 aliphatic rings. The molecule has 328 valence electrons. The number of hydrogen-bond acceptors (Lipinski definition) is 18. The van der Waals surface area contributed by atoms with Gasteiger partial charge in [0.25, 0.3) is 5.91 Å². The average Bonchev–Trinajstić information content (AvgIpc) is 3.21. The third-order valence-corrected chi connectivity index (χ3v) is 9.35. The molecule has 0 unspecified atom stereocenters. The second-order valence-electron chi connectivity index (χ2n) is 12.5. The molecule has 59 heavy (non-hydrogen) atoms. The summed E-state index contributed by atoms with van der Waals surface area (Å²) in [5, 5.41) is 10.7. The van der Waals surface area contributed by atoms with Gasteiger partial charge in [-0.2, -0.15) is 0 Å². The number of rotatable bonds is 33. The fraction of sp³-hybridized carbons (Fsp3) is 0.568. The summed E-state index contributed by atoms with van der Waals surface area (Å²) >= 11 is 0. The van der Waals surface area contributed by atoms with Crippen molar-refractivity contribution in [1.82, 2.24) is 25.3 Å². The summed E-state index contributed by atoms with van der Waals surface area (Å²) in [5.41, 5.74) is 2.14. The zero-order valence-electron chi connectivity index (χ0n) is 33.2. The molecule has 2 heterocycles. The molecule has 1 aromatic carbocycles. The van der Waals surface area contributed by atoms with Crippen molar-refractivity contribution in [2.75, 3.05) is 125 Å². The molecule has 1 amide bonds. The van der Waals surface area contributed by atoms with Crippen LogP contribution in [0.2, 0.25) is 0 Å². The van der Waals surface area contributed by atoms with Crippen LogP contribution in [0.25, 0.3) is 22.3 Å². The number of benzene rings is 1. The van der Waals surface area contributed by atoms with E-state index in [9.17, 15) is 26.4 Å². The van der Waals surface area contributed by atoms with Crippen molar-refractivity contribution in [2.24, 2.45) is 0 Å². The molecule has 3 aromatic rings. The van der Waals surface area contributed by atoms with E-state index in [1.165, 1.54) is 24.8 Å². The molecule has 2 aromatic heterocycles. The smallest absolute Gasteiger partial charge is 0.303 e. The number of ether oxygens (including phenoxy) is 8. The second-order valence-corrected chi connectivity index (χ2v) is 16.3. The predicted molar refractivity (Wildman–Crippen MR) is 210 cm³/mol. The number of nitrogens with one attached hydrogen (secondary N) is 1. The van der Waals surface area contributed by atoms with Gasteiger partial charge in [-0.25, -0.2) is 36.8 Å². The van der Waals surface area contributed by atoms with Crippen LogP contribution < -0.4 is 5.32 Å². The number of amides is 1. The van der Waals surface area contributed by atoms with Crippen LogP contribution in [0.15, 0.2) is 53.3 Å². The molecule has 20 nitrogen and oxygen atoms in total. The van der Waals surface area contributed by atoms with E-state index in [-0.39, 0.29) is 35.4 Å². The Balaban J connectivity index is 1.22. The number of aromatic nitrogens is 4. The van der Waals surface area contributed by atoms with E-state index < -0.39 is 31.6 Å². The Bertz CT molecular complexity index is 1810. The zero-order chi connectivity index (χ0) is 42.8. The van der Waals surface area contributed by atoms with Gasteiger partial charge in [-0.05, 0) is 35.7 Å². The average molecular weight is 872 g/mol. The molecular weight excluding hydrogens is 819 g/mol. The molecule has 0 spiro atoms. The van der Waals surface area contributed by atoms with Crippen molar-refractivity contribution in [3.8, 4) is 22.3 Å². The van der Waals surface area contributed by atoms with Crippen LogP contribution in [-0.2, 0) is 62.4 Å². The highest BCUT2D eigenvalue weighted by atomic mass is 32.2. The summed E-state index contributed by atoms with van der Waals surface area (Å²) in [6, 6.07) is 4.89. The minimum atomic E-state index is -3.62. The third kappa shape index (κ3) is 21.1. The maximum Gasteiger partial charge on any atom is 0.303 e. The zero-order valence-corrected chi connectivity index (χ0v) is 34.9. The fourth-order valence-electron chi connectivity index (χ4n) is 4.71. The molecule has 2 N–H and O–H groups in total. The van der Waals surface area contributed by atoms with E-state index in [2.05, 4.69) is 25.3 Å². The standard InChI is InChI=1S/C37H53N5O15S2/c1-58(46,47)36-39-25-32(26-40-36)29-22-30(33-27-41-37(42-28-33)59(2,48)49)24-31(23-29)35(45)38-5-7-51-9-11-53-13-15-55-17-19-57-21-20-56-18-16-54-14-12-52-10-8-50-6-3-4-34(43)44/h22-28H,3-21H2,1-2H3,(H,38,45)(H,43,44). The lowest BCUT2D eigenvalue weighted by Gasteiger charge is -2.11. The molecule has 0 saturated carbocycles. The minimum Gasteiger partial charge on any atom is -0.481 e. The predicted octanol–water partition coefficient (Wildman–Crippen LogP) is 1.14. The van der Waals surface area contributed by atoms with E-state index in [1.54, 1.807) is 18.2 Å². The molecule has 0 bridgehead atoms. The number of hydrogen-bond donors (Lipinski definition) is 2. The Labute approximate surface area is 344 Å². The van der Waals surface area contributed by atoms with Gasteiger partial charge in [0.2, 0.25) is 30.0 Å². The minimum absolute atomic E-state index is 0.0970. The van der Waals surface area contributed by atoms with Crippen molar-refractivity contribution in [1.29, 1.82) is 0 Å². The van der Waals surface area contributed by atoms with Crippen LogP contribution >= 0.6 is 0 Å². The Kier molecular flexibility index (Phi) is 23.1. The molecule has 0 atom stereocenters. The fourth-order valence-corrected chi connectivity index (χ4v) is 5.69. The number of carbonyl (C=O) groups is 2. The van der Waals surface area contributed by atoms with Crippen LogP contribution in [0, 0.1) is 0 Å². The first-order valence-electron chi connectivity index (χ1n) is 18.7. The number of sulfone groups is 2. The van der Waals surface area contributed by atoms with E-state index in [0.29, 0.717) is 128 Å². The normalized spacial score (nSPS) is 11.8. The highest BCUT2D eigenvalue weighted by molar-refractivity contribution is 7.90. The first kappa shape index (κ1) is 49.3. The monoisotopic (exact) mass is 871 g/mol. The summed E-state index contributed by atoms with van der Waals surface area (Å²) in [7, 11) is -7.25. The van der Waals surface area contributed by atoms with Gasteiger partial charge in [-0.1, -0.05) is 0 Å². The van der Waals surface area contributed by atoms with Gasteiger partial charge < -0.3 is 48.3 Å². The first-order chi connectivity index (χ1) is 28.3. The Hall–Kier alpha value is -4.10. The van der Waals surface area contributed by atoms with E-state index >= 15 is 0 Å². The van der Waals surface area contributed by atoms with Crippen molar-refractivity contribution in [3.63, 3.8) is 0 Å². The van der Waals surface area contributed by atoms with Crippen LogP contribution in [0.5, 0.6) is 0 Å². The van der Waals surface area contributed by atoms with Gasteiger partial charge >= 0.3 is 5.97 Å². The van der Waals surface area contributed by atoms with Crippen molar-refractivity contribution < 1.29 is 69.4 Å². The maximum atomic E-state index is 13.2. The van der Waals surface area contributed by atoms with Crippen LogP contribution in [0.3, 0.4) is 0 Å². The quantitative estimate of drug-likeness (QED) is 0.0642. The molecule has 3 rings (SSSR count). The molecule has 22 heteroatoms. The second kappa shape index (κ2) is 27.6. The van der Waals surface area contributed by atoms with Gasteiger partial charge in [0.1, 0.15) is 0 Å². The van der Waals surface area contributed by atoms with Crippen molar-refractivity contribution in [2.45, 2.75) is 23.2 Å². The lowest BCUT2D eigenvalue weighted by atomic mass is 9.98. The Morgan fingerprint density at radius 3 is 1.15 bits per heavy atom. The Morgan fingerprint density at radius 1 is 0.508 bits per heavy atom. The van der Waals surface area contributed by atoms with E-state index in [1.807, 2.05) is 0 Å². The van der Waals surface area contributed by atoms with Gasteiger partial charge in [0, 0.05) is 73.6 Å². The van der Waals surface area contributed by atoms with Crippen LogP contribution in [0.1, 0.15) is 23.2 Å². The molecule has 0 fully saturated rings. The number of carboxylic acid groups (broad SMARTS) is 1. The lowest BCUT2D eigenvalue weighted by molar-refractivity contribution is -0.137. The maximum absolute atomic E-state index is 13.2. The molecule has 0 aliphatic heterocycles. The SMILES string of the molecule is CS(=O)(=O)c1ncc(-c2cc(C(=O)NCCOCCOCCOCCOCCOCCOCCOCCOCCCC(=O)O)cc(-c3cnc(S(C)(=O)=O)nc3)c2)cn1. The molecule has 0 aliphatic carbocycles. The van der Waals surface area contributed by atoms with Gasteiger partial charge in [0.15, 0.2) is 0 Å². The van der Waals surface area contributed by atoms with Crippen LogP contribution in [0.4, 0.5) is 0 Å². The number of aliphatic carboxylic acids is 1. The Morgan fingerprint density at radius 2 is 0.831 bits per heavy atom. The van der Waals surface area contributed by atoms with Crippen molar-refractivity contribution >= 4 is 31.6 Å². The largest absolute Gasteiger partial charge is 0.481 e. The first-order valence-corrected chi connectivity index (χ1v) is 22.4. The van der Waals surface area contributed by atoms with Crippen LogP contribution in [-0.4, -0.2) is 179 Å². The number of carboxylic acids is 1. The topological polar surface area (TPSA) is 260 Å². The molecular formula is C37H53N5O15S2. The summed E-state index contributed by atoms with van der Waals surface area (Å²) in [5.74, 6) is -1.25. The van der Waals surface area contributed by atoms with Gasteiger partial charge in [-0.15, -0.1) is 0 Å². The van der Waals surface area contributed by atoms with E-state index in [0.717, 1.165) is 12.5 Å². The van der Waals surface area contributed by atoms with Gasteiger partial charge in [0.05, 0.1) is 99.1 Å². The summed E-state index contributed by atoms with van der Waals surface area (Å²) in [6.45, 7) is 6.50. The summed E-state index contributed by atoms with van der Waals surface area (Å²) in [4.78, 5) is 39.3. The molecule has 0 radical (unpaired) electrons.